The van der Waals surface area contributed by atoms with E-state index in [0.717, 1.165) is 37.9 Å². The molecule has 0 saturated heterocycles. The van der Waals surface area contributed by atoms with Crippen LogP contribution in [0.25, 0.3) is 0 Å². The molecule has 1 aromatic carbocycles. The molecule has 0 unspecified atom stereocenters. The molecule has 2 nitrogen and oxygen atoms in total. The van der Waals surface area contributed by atoms with E-state index >= 15 is 0 Å². The monoisotopic (exact) mass is 300 g/mol. The van der Waals surface area contributed by atoms with Crippen molar-refractivity contribution in [2.75, 3.05) is 13.1 Å². The lowest BCUT2D eigenvalue weighted by Crippen LogP contribution is -2.35. The zero-order valence-corrected chi connectivity index (χ0v) is 12.4. The van der Waals surface area contributed by atoms with E-state index in [1.54, 1.807) is 4.90 Å². The Morgan fingerprint density at radius 2 is 1.76 bits per heavy atom. The summed E-state index contributed by atoms with van der Waals surface area (Å²) in [6, 6.07) is 7.98. The van der Waals surface area contributed by atoms with Crippen LogP contribution in [0.1, 0.15) is 37.3 Å². The van der Waals surface area contributed by atoms with Gasteiger partial charge in [0, 0.05) is 19.1 Å². The first kappa shape index (κ1) is 16.3. The van der Waals surface area contributed by atoms with E-state index < -0.39 is 12.7 Å². The van der Waals surface area contributed by atoms with Crippen LogP contribution in [0.15, 0.2) is 24.3 Å². The smallest absolute Gasteiger partial charge is 0.313 e. The van der Waals surface area contributed by atoms with E-state index in [-0.39, 0.29) is 6.04 Å². The lowest BCUT2D eigenvalue weighted by atomic mass is 10.1. The molecule has 0 atom stereocenters. The predicted octanol–water partition coefficient (Wildman–Crippen LogP) is 3.71. The van der Waals surface area contributed by atoms with Crippen LogP contribution in [0.3, 0.4) is 0 Å². The summed E-state index contributed by atoms with van der Waals surface area (Å²) in [5.41, 5.74) is 2.12. The molecule has 0 radical (unpaired) electrons. The second kappa shape index (κ2) is 7.27. The van der Waals surface area contributed by atoms with Gasteiger partial charge in [-0.05, 0) is 36.9 Å². The SMILES string of the molecule is CCCNCc1ccc(CN(CC(F)(F)F)C2CC2)cc1. The van der Waals surface area contributed by atoms with Crippen molar-refractivity contribution in [2.24, 2.45) is 0 Å². The molecule has 1 aliphatic carbocycles. The maximum atomic E-state index is 12.6. The Labute approximate surface area is 124 Å². The van der Waals surface area contributed by atoms with Crippen molar-refractivity contribution in [2.45, 2.75) is 51.5 Å². The fourth-order valence-corrected chi connectivity index (χ4v) is 2.39. The number of nitrogens with one attached hydrogen (secondary N) is 1. The molecule has 0 heterocycles. The molecule has 1 aliphatic rings. The highest BCUT2D eigenvalue weighted by atomic mass is 19.4. The third-order valence-corrected chi connectivity index (χ3v) is 3.61. The molecule has 1 saturated carbocycles. The normalized spacial score (nSPS) is 15.7. The van der Waals surface area contributed by atoms with Gasteiger partial charge in [0.2, 0.25) is 0 Å². The third kappa shape index (κ3) is 6.06. The maximum absolute atomic E-state index is 12.6. The summed E-state index contributed by atoms with van der Waals surface area (Å²) < 4.78 is 37.8. The van der Waals surface area contributed by atoms with Crippen LogP contribution in [0, 0.1) is 0 Å². The summed E-state index contributed by atoms with van der Waals surface area (Å²) in [5.74, 6) is 0. The maximum Gasteiger partial charge on any atom is 0.401 e. The summed E-state index contributed by atoms with van der Waals surface area (Å²) >= 11 is 0. The molecule has 0 spiro atoms. The molecule has 0 amide bonds. The van der Waals surface area contributed by atoms with Crippen LogP contribution in [-0.2, 0) is 13.1 Å². The Balaban J connectivity index is 1.88. The van der Waals surface area contributed by atoms with Crippen LogP contribution in [0.4, 0.5) is 13.2 Å². The topological polar surface area (TPSA) is 15.3 Å². The van der Waals surface area contributed by atoms with E-state index in [0.29, 0.717) is 6.54 Å². The molecule has 0 bridgehead atoms. The van der Waals surface area contributed by atoms with Crippen LogP contribution in [-0.4, -0.2) is 30.2 Å². The number of hydrogen-bond donors (Lipinski definition) is 1. The lowest BCUT2D eigenvalue weighted by Gasteiger charge is -2.23. The summed E-state index contributed by atoms with van der Waals surface area (Å²) in [4.78, 5) is 1.55. The Bertz CT molecular complexity index is 424. The van der Waals surface area contributed by atoms with E-state index in [9.17, 15) is 13.2 Å². The van der Waals surface area contributed by atoms with Gasteiger partial charge in [-0.3, -0.25) is 4.90 Å². The number of benzene rings is 1. The number of halogens is 3. The molecule has 21 heavy (non-hydrogen) atoms. The van der Waals surface area contributed by atoms with E-state index in [1.165, 1.54) is 5.56 Å². The molecule has 0 aliphatic heterocycles. The first-order valence-corrected chi connectivity index (χ1v) is 7.57. The van der Waals surface area contributed by atoms with Gasteiger partial charge in [0.15, 0.2) is 0 Å². The molecule has 118 valence electrons. The average Bonchev–Trinajstić information content (AvgIpc) is 3.23. The zero-order valence-electron chi connectivity index (χ0n) is 12.4. The van der Waals surface area contributed by atoms with Crippen molar-refractivity contribution >= 4 is 0 Å². The van der Waals surface area contributed by atoms with Gasteiger partial charge in [-0.15, -0.1) is 0 Å². The first-order chi connectivity index (χ1) is 9.98. The van der Waals surface area contributed by atoms with E-state index in [4.69, 9.17) is 0 Å². The largest absolute Gasteiger partial charge is 0.401 e. The van der Waals surface area contributed by atoms with Gasteiger partial charge in [-0.25, -0.2) is 0 Å². The standard InChI is InChI=1S/C16H23F3N2/c1-2-9-20-10-13-3-5-14(6-4-13)11-21(15-7-8-15)12-16(17,18)19/h3-6,15,20H,2,7-12H2,1H3. The van der Waals surface area contributed by atoms with Crippen LogP contribution < -0.4 is 5.32 Å². The molecule has 5 heteroatoms. The van der Waals surface area contributed by atoms with Crippen molar-refractivity contribution in [1.29, 1.82) is 0 Å². The van der Waals surface area contributed by atoms with Gasteiger partial charge < -0.3 is 5.32 Å². The fraction of sp³-hybridized carbons (Fsp3) is 0.625. The van der Waals surface area contributed by atoms with Gasteiger partial charge in [-0.1, -0.05) is 31.2 Å². The van der Waals surface area contributed by atoms with E-state index in [1.807, 2.05) is 24.3 Å². The molecular weight excluding hydrogens is 277 g/mol. The Kier molecular flexibility index (Phi) is 5.65. The van der Waals surface area contributed by atoms with Crippen LogP contribution >= 0.6 is 0 Å². The minimum Gasteiger partial charge on any atom is -0.313 e. The quantitative estimate of drug-likeness (QED) is 0.736. The summed E-state index contributed by atoms with van der Waals surface area (Å²) in [7, 11) is 0. The highest BCUT2D eigenvalue weighted by molar-refractivity contribution is 5.22. The molecular formula is C16H23F3N2. The van der Waals surface area contributed by atoms with Gasteiger partial charge in [0.25, 0.3) is 0 Å². The molecule has 1 aromatic rings. The number of alkyl halides is 3. The molecule has 0 aromatic heterocycles. The predicted molar refractivity (Wildman–Crippen MR) is 77.9 cm³/mol. The van der Waals surface area contributed by atoms with Crippen molar-refractivity contribution in [3.8, 4) is 0 Å². The first-order valence-electron chi connectivity index (χ1n) is 7.57. The third-order valence-electron chi connectivity index (χ3n) is 3.61. The van der Waals surface area contributed by atoms with Crippen molar-refractivity contribution in [1.82, 2.24) is 10.2 Å². The molecule has 2 rings (SSSR count). The fourth-order valence-electron chi connectivity index (χ4n) is 2.39. The number of hydrogen-bond acceptors (Lipinski definition) is 2. The summed E-state index contributed by atoms with van der Waals surface area (Å²) in [6.45, 7) is 3.47. The van der Waals surface area contributed by atoms with Crippen molar-refractivity contribution in [3.05, 3.63) is 35.4 Å². The minimum absolute atomic E-state index is 0.109. The summed E-state index contributed by atoms with van der Waals surface area (Å²) in [6.07, 6.45) is -1.26. The van der Waals surface area contributed by atoms with E-state index in [2.05, 4.69) is 12.2 Å². The highest BCUT2D eigenvalue weighted by Crippen LogP contribution is 2.31. The Morgan fingerprint density at radius 3 is 2.29 bits per heavy atom. The average molecular weight is 300 g/mol. The van der Waals surface area contributed by atoms with Crippen molar-refractivity contribution in [3.63, 3.8) is 0 Å². The lowest BCUT2D eigenvalue weighted by molar-refractivity contribution is -0.148. The number of rotatable bonds is 8. The zero-order chi connectivity index (χ0) is 15.3. The van der Waals surface area contributed by atoms with Crippen molar-refractivity contribution < 1.29 is 13.2 Å². The number of nitrogens with zero attached hydrogens (tertiary/aromatic N) is 1. The van der Waals surface area contributed by atoms with Gasteiger partial charge >= 0.3 is 6.18 Å². The van der Waals surface area contributed by atoms with Crippen LogP contribution in [0.5, 0.6) is 0 Å². The summed E-state index contributed by atoms with van der Waals surface area (Å²) in [5, 5.41) is 3.31. The Hall–Kier alpha value is -1.07. The van der Waals surface area contributed by atoms with Crippen LogP contribution in [0.2, 0.25) is 0 Å². The minimum atomic E-state index is -4.12. The Morgan fingerprint density at radius 1 is 1.14 bits per heavy atom. The van der Waals surface area contributed by atoms with Gasteiger partial charge in [0.1, 0.15) is 0 Å². The molecule has 1 fully saturated rings. The second-order valence-corrected chi connectivity index (χ2v) is 5.74. The molecule has 1 N–H and O–H groups in total. The highest BCUT2D eigenvalue weighted by Gasteiger charge is 2.37. The van der Waals surface area contributed by atoms with Gasteiger partial charge in [0.05, 0.1) is 6.54 Å². The van der Waals surface area contributed by atoms with Gasteiger partial charge in [-0.2, -0.15) is 13.2 Å². The second-order valence-electron chi connectivity index (χ2n) is 5.74.